The van der Waals surface area contributed by atoms with E-state index in [0.29, 0.717) is 0 Å². The molecule has 0 bridgehead atoms. The van der Waals surface area contributed by atoms with Gasteiger partial charge in [0.05, 0.1) is 0 Å². The van der Waals surface area contributed by atoms with Crippen molar-refractivity contribution in [2.75, 3.05) is 0 Å². The number of hydrogen-bond donors (Lipinski definition) is 0. The highest BCUT2D eigenvalue weighted by Crippen LogP contribution is 2.14. The van der Waals surface area contributed by atoms with Gasteiger partial charge in [0.1, 0.15) is 0 Å². The highest BCUT2D eigenvalue weighted by molar-refractivity contribution is 4.65. The van der Waals surface area contributed by atoms with Crippen molar-refractivity contribution in [1.29, 1.82) is 0 Å². The van der Waals surface area contributed by atoms with Crippen LogP contribution < -0.4 is 0 Å². The summed E-state index contributed by atoms with van der Waals surface area (Å²) in [4.78, 5) is 0. The molecule has 0 aliphatic carbocycles. The molecule has 0 aromatic carbocycles. The summed E-state index contributed by atoms with van der Waals surface area (Å²) in [6.45, 7) is 8.34. The van der Waals surface area contributed by atoms with E-state index in [0.717, 1.165) is 5.92 Å². The first-order valence-corrected chi connectivity index (χ1v) is 4.92. The summed E-state index contributed by atoms with van der Waals surface area (Å²) in [7, 11) is 0. The Morgan fingerprint density at radius 1 is 1.27 bits per heavy atom. The van der Waals surface area contributed by atoms with Gasteiger partial charge < -0.3 is 0 Å². The van der Waals surface area contributed by atoms with Crippen LogP contribution in [0.25, 0.3) is 0 Å². The fourth-order valence-corrected chi connectivity index (χ4v) is 1.42. The molecule has 0 fully saturated rings. The molecule has 0 rings (SSSR count). The highest BCUT2D eigenvalue weighted by atomic mass is 14.0. The standard InChI is InChI=1S/C11H22/c1-4-6-7-8-10-11(3)9-5-2/h4,11H,1,5-10H2,2-3H3/t11-/m1/s1. The fourth-order valence-electron chi connectivity index (χ4n) is 1.42. The van der Waals surface area contributed by atoms with Crippen LogP contribution in [-0.4, -0.2) is 0 Å². The molecule has 0 saturated heterocycles. The second-order valence-electron chi connectivity index (χ2n) is 3.47. The molecule has 0 amide bonds. The van der Waals surface area contributed by atoms with E-state index in [1.807, 2.05) is 6.08 Å². The molecule has 0 heterocycles. The summed E-state index contributed by atoms with van der Waals surface area (Å²) >= 11 is 0. The first-order valence-electron chi connectivity index (χ1n) is 4.92. The highest BCUT2D eigenvalue weighted by Gasteiger charge is 1.98. The van der Waals surface area contributed by atoms with Crippen LogP contribution in [0.5, 0.6) is 0 Å². The summed E-state index contributed by atoms with van der Waals surface area (Å²) in [6, 6.07) is 0. The van der Waals surface area contributed by atoms with Crippen LogP contribution in [0.1, 0.15) is 52.4 Å². The summed E-state index contributed by atoms with van der Waals surface area (Å²) in [5.74, 6) is 0.935. The Morgan fingerprint density at radius 3 is 2.55 bits per heavy atom. The number of allylic oxidation sites excluding steroid dienone is 1. The maximum atomic E-state index is 3.71. The summed E-state index contributed by atoms with van der Waals surface area (Å²) in [5.41, 5.74) is 0. The molecule has 0 aliphatic heterocycles. The predicted octanol–water partition coefficient (Wildman–Crippen LogP) is 4.17. The van der Waals surface area contributed by atoms with Crippen LogP contribution >= 0.6 is 0 Å². The van der Waals surface area contributed by atoms with E-state index in [1.165, 1.54) is 38.5 Å². The second-order valence-corrected chi connectivity index (χ2v) is 3.47. The molecule has 0 spiro atoms. The fraction of sp³-hybridized carbons (Fsp3) is 0.818. The van der Waals surface area contributed by atoms with Gasteiger partial charge in [0.25, 0.3) is 0 Å². The Kier molecular flexibility index (Phi) is 7.66. The van der Waals surface area contributed by atoms with Gasteiger partial charge >= 0.3 is 0 Å². The minimum absolute atomic E-state index is 0.935. The maximum absolute atomic E-state index is 3.71. The normalized spacial score (nSPS) is 12.9. The van der Waals surface area contributed by atoms with Gasteiger partial charge in [-0.25, -0.2) is 0 Å². The summed E-state index contributed by atoms with van der Waals surface area (Å²) < 4.78 is 0. The van der Waals surface area contributed by atoms with Crippen molar-refractivity contribution in [2.45, 2.75) is 52.4 Å². The molecule has 66 valence electrons. The lowest BCUT2D eigenvalue weighted by Gasteiger charge is -2.07. The van der Waals surface area contributed by atoms with Crippen molar-refractivity contribution >= 4 is 0 Å². The lowest BCUT2D eigenvalue weighted by Crippen LogP contribution is -1.92. The molecule has 0 nitrogen and oxygen atoms in total. The Morgan fingerprint density at radius 2 is 2.00 bits per heavy atom. The van der Waals surface area contributed by atoms with Crippen LogP contribution in [0.15, 0.2) is 12.7 Å². The minimum Gasteiger partial charge on any atom is -0.103 e. The number of unbranched alkanes of at least 4 members (excludes halogenated alkanes) is 2. The van der Waals surface area contributed by atoms with Gasteiger partial charge in [-0.15, -0.1) is 6.58 Å². The molecular weight excluding hydrogens is 132 g/mol. The summed E-state index contributed by atoms with van der Waals surface area (Å²) in [6.07, 6.45) is 10.1. The first kappa shape index (κ1) is 10.7. The molecule has 0 aromatic rings. The van der Waals surface area contributed by atoms with E-state index in [-0.39, 0.29) is 0 Å². The molecule has 0 radical (unpaired) electrons. The molecule has 11 heavy (non-hydrogen) atoms. The average Bonchev–Trinajstić information content (AvgIpc) is 1.99. The average molecular weight is 154 g/mol. The zero-order chi connectivity index (χ0) is 8.53. The zero-order valence-corrected chi connectivity index (χ0v) is 8.10. The van der Waals surface area contributed by atoms with E-state index in [9.17, 15) is 0 Å². The van der Waals surface area contributed by atoms with Gasteiger partial charge in [-0.2, -0.15) is 0 Å². The largest absolute Gasteiger partial charge is 0.103 e. The minimum atomic E-state index is 0.935. The number of hydrogen-bond acceptors (Lipinski definition) is 0. The van der Waals surface area contributed by atoms with E-state index in [4.69, 9.17) is 0 Å². The van der Waals surface area contributed by atoms with Gasteiger partial charge in [0, 0.05) is 0 Å². The molecule has 0 heteroatoms. The third kappa shape index (κ3) is 7.64. The summed E-state index contributed by atoms with van der Waals surface area (Å²) in [5, 5.41) is 0. The SMILES string of the molecule is C=CCCCC[C@H](C)CCC. The van der Waals surface area contributed by atoms with E-state index >= 15 is 0 Å². The molecule has 0 saturated carbocycles. The molecule has 0 aliphatic rings. The van der Waals surface area contributed by atoms with Gasteiger partial charge in [-0.3, -0.25) is 0 Å². The molecule has 0 unspecified atom stereocenters. The van der Waals surface area contributed by atoms with Crippen LogP contribution in [0.4, 0.5) is 0 Å². The smallest absolute Gasteiger partial charge is 0.0353 e. The Balaban J connectivity index is 3.03. The topological polar surface area (TPSA) is 0 Å². The van der Waals surface area contributed by atoms with Gasteiger partial charge in [0.15, 0.2) is 0 Å². The van der Waals surface area contributed by atoms with Crippen molar-refractivity contribution in [2.24, 2.45) is 5.92 Å². The monoisotopic (exact) mass is 154 g/mol. The molecule has 0 aromatic heterocycles. The van der Waals surface area contributed by atoms with Crippen molar-refractivity contribution in [3.05, 3.63) is 12.7 Å². The second kappa shape index (κ2) is 7.84. The lowest BCUT2D eigenvalue weighted by atomic mass is 9.99. The van der Waals surface area contributed by atoms with Crippen LogP contribution in [0.3, 0.4) is 0 Å². The van der Waals surface area contributed by atoms with Gasteiger partial charge in [-0.05, 0) is 18.8 Å². The molecule has 1 atom stereocenters. The third-order valence-corrected chi connectivity index (χ3v) is 2.14. The van der Waals surface area contributed by atoms with Gasteiger partial charge in [-0.1, -0.05) is 45.6 Å². The van der Waals surface area contributed by atoms with Crippen molar-refractivity contribution < 1.29 is 0 Å². The van der Waals surface area contributed by atoms with Crippen molar-refractivity contribution in [3.8, 4) is 0 Å². The quantitative estimate of drug-likeness (QED) is 0.381. The van der Waals surface area contributed by atoms with Gasteiger partial charge in [0.2, 0.25) is 0 Å². The first-order chi connectivity index (χ1) is 5.31. The Labute approximate surface area is 71.7 Å². The van der Waals surface area contributed by atoms with Crippen LogP contribution in [0.2, 0.25) is 0 Å². The maximum Gasteiger partial charge on any atom is -0.0353 e. The predicted molar refractivity (Wildman–Crippen MR) is 52.7 cm³/mol. The van der Waals surface area contributed by atoms with E-state index in [1.54, 1.807) is 0 Å². The number of rotatable bonds is 7. The lowest BCUT2D eigenvalue weighted by molar-refractivity contribution is 0.462. The van der Waals surface area contributed by atoms with Crippen molar-refractivity contribution in [3.63, 3.8) is 0 Å². The molecule has 0 N–H and O–H groups in total. The van der Waals surface area contributed by atoms with E-state index < -0.39 is 0 Å². The van der Waals surface area contributed by atoms with Crippen LogP contribution in [0, 0.1) is 5.92 Å². The Hall–Kier alpha value is -0.260. The molecular formula is C11H22. The third-order valence-electron chi connectivity index (χ3n) is 2.14. The Bertz CT molecular complexity index is 84.0. The zero-order valence-electron chi connectivity index (χ0n) is 8.10. The van der Waals surface area contributed by atoms with E-state index in [2.05, 4.69) is 20.4 Å². The van der Waals surface area contributed by atoms with Crippen LogP contribution in [-0.2, 0) is 0 Å². The van der Waals surface area contributed by atoms with Crippen molar-refractivity contribution in [1.82, 2.24) is 0 Å².